The molecule has 1 atom stereocenters. The molecule has 0 aromatic heterocycles. The second-order valence-electron chi connectivity index (χ2n) is 6.10. The fraction of sp³-hybridized carbons (Fsp3) is 0.929. The molecule has 0 aromatic carbocycles. The molecule has 0 aliphatic carbocycles. The molecular formula is C14H27N3O3. The van der Waals surface area contributed by atoms with E-state index in [1.54, 1.807) is 0 Å². The summed E-state index contributed by atoms with van der Waals surface area (Å²) in [6.07, 6.45) is 2.20. The van der Waals surface area contributed by atoms with Crippen LogP contribution in [0.15, 0.2) is 4.99 Å². The fourth-order valence-corrected chi connectivity index (χ4v) is 2.46. The predicted octanol–water partition coefficient (Wildman–Crippen LogP) is 0.120. The third-order valence-electron chi connectivity index (χ3n) is 4.00. The summed E-state index contributed by atoms with van der Waals surface area (Å²) in [7, 11) is 0. The standard InChI is InChI=1S/C14H27N3O3/c1-3-15-12(16-7-13(2)5-4-6-20-13)17-8-14(9-18)10-19-11-14/h18H,3-11H2,1-2H3,(H2,15,16,17). The van der Waals surface area contributed by atoms with Crippen LogP contribution < -0.4 is 10.6 Å². The maximum absolute atomic E-state index is 9.41. The van der Waals surface area contributed by atoms with Crippen LogP contribution in [-0.2, 0) is 9.47 Å². The van der Waals surface area contributed by atoms with Crippen molar-refractivity contribution in [3.8, 4) is 0 Å². The smallest absolute Gasteiger partial charge is 0.191 e. The lowest BCUT2D eigenvalue weighted by atomic mass is 9.87. The summed E-state index contributed by atoms with van der Waals surface area (Å²) in [6, 6.07) is 0. The van der Waals surface area contributed by atoms with Gasteiger partial charge in [0, 0.05) is 19.7 Å². The third-order valence-corrected chi connectivity index (χ3v) is 4.00. The lowest BCUT2D eigenvalue weighted by molar-refractivity contribution is -0.130. The van der Waals surface area contributed by atoms with Gasteiger partial charge in [-0.1, -0.05) is 0 Å². The Morgan fingerprint density at radius 3 is 2.65 bits per heavy atom. The van der Waals surface area contributed by atoms with Gasteiger partial charge in [-0.3, -0.25) is 4.99 Å². The van der Waals surface area contributed by atoms with Crippen molar-refractivity contribution < 1.29 is 14.6 Å². The summed E-state index contributed by atoms with van der Waals surface area (Å²) < 4.78 is 11.0. The van der Waals surface area contributed by atoms with Crippen molar-refractivity contribution >= 4 is 5.96 Å². The molecule has 2 fully saturated rings. The van der Waals surface area contributed by atoms with Gasteiger partial charge in [-0.15, -0.1) is 0 Å². The first-order valence-corrected chi connectivity index (χ1v) is 7.46. The Hall–Kier alpha value is -0.850. The van der Waals surface area contributed by atoms with Crippen LogP contribution in [0.2, 0.25) is 0 Å². The van der Waals surface area contributed by atoms with Gasteiger partial charge >= 0.3 is 0 Å². The fourth-order valence-electron chi connectivity index (χ4n) is 2.46. The van der Waals surface area contributed by atoms with E-state index in [-0.39, 0.29) is 17.6 Å². The molecule has 0 saturated carbocycles. The van der Waals surface area contributed by atoms with Crippen LogP contribution in [0, 0.1) is 5.41 Å². The average Bonchev–Trinajstić information content (AvgIpc) is 2.82. The zero-order chi connectivity index (χ0) is 14.5. The zero-order valence-corrected chi connectivity index (χ0v) is 12.6. The Balaban J connectivity index is 1.85. The summed E-state index contributed by atoms with van der Waals surface area (Å²) in [5.41, 5.74) is -0.277. The van der Waals surface area contributed by atoms with Crippen LogP contribution in [0.1, 0.15) is 26.7 Å². The third kappa shape index (κ3) is 3.84. The van der Waals surface area contributed by atoms with E-state index < -0.39 is 0 Å². The minimum Gasteiger partial charge on any atom is -0.396 e. The number of hydrogen-bond acceptors (Lipinski definition) is 4. The molecule has 116 valence electrons. The van der Waals surface area contributed by atoms with E-state index in [4.69, 9.17) is 9.47 Å². The number of rotatable bonds is 6. The van der Waals surface area contributed by atoms with E-state index >= 15 is 0 Å². The van der Waals surface area contributed by atoms with E-state index in [1.807, 2.05) is 6.92 Å². The second-order valence-corrected chi connectivity index (χ2v) is 6.10. The Morgan fingerprint density at radius 2 is 2.15 bits per heavy atom. The summed E-state index contributed by atoms with van der Waals surface area (Å²) in [6.45, 7) is 8.46. The number of aliphatic imine (C=N–C) groups is 1. The largest absolute Gasteiger partial charge is 0.396 e. The molecule has 0 amide bonds. The molecule has 2 rings (SSSR count). The number of nitrogens with one attached hydrogen (secondary N) is 2. The Morgan fingerprint density at radius 1 is 1.35 bits per heavy atom. The van der Waals surface area contributed by atoms with Gasteiger partial charge < -0.3 is 25.2 Å². The van der Waals surface area contributed by atoms with Crippen molar-refractivity contribution in [2.75, 3.05) is 46.1 Å². The zero-order valence-electron chi connectivity index (χ0n) is 12.6. The maximum Gasteiger partial charge on any atom is 0.191 e. The van der Waals surface area contributed by atoms with Crippen LogP contribution in [0.25, 0.3) is 0 Å². The van der Waals surface area contributed by atoms with Gasteiger partial charge in [-0.25, -0.2) is 0 Å². The van der Waals surface area contributed by atoms with Crippen molar-refractivity contribution in [2.24, 2.45) is 10.4 Å². The molecule has 2 heterocycles. The average molecular weight is 285 g/mol. The molecule has 0 bridgehead atoms. The van der Waals surface area contributed by atoms with E-state index in [9.17, 15) is 5.11 Å². The Labute approximate surface area is 120 Å². The van der Waals surface area contributed by atoms with Crippen molar-refractivity contribution in [2.45, 2.75) is 32.3 Å². The minimum absolute atomic E-state index is 0.0928. The molecule has 2 saturated heterocycles. The van der Waals surface area contributed by atoms with E-state index in [2.05, 4.69) is 22.5 Å². The molecule has 0 aromatic rings. The van der Waals surface area contributed by atoms with Gasteiger partial charge in [-0.05, 0) is 26.7 Å². The first kappa shape index (κ1) is 15.5. The number of guanidine groups is 1. The van der Waals surface area contributed by atoms with Crippen LogP contribution in [0.4, 0.5) is 0 Å². The lowest BCUT2D eigenvalue weighted by Crippen LogP contribution is -2.50. The molecule has 20 heavy (non-hydrogen) atoms. The van der Waals surface area contributed by atoms with E-state index in [1.165, 1.54) is 0 Å². The van der Waals surface area contributed by atoms with Gasteiger partial charge in [-0.2, -0.15) is 0 Å². The lowest BCUT2D eigenvalue weighted by Gasteiger charge is -2.38. The van der Waals surface area contributed by atoms with Gasteiger partial charge in [0.2, 0.25) is 0 Å². The monoisotopic (exact) mass is 285 g/mol. The van der Waals surface area contributed by atoms with Crippen molar-refractivity contribution in [3.05, 3.63) is 0 Å². The SMILES string of the molecule is CCNC(=NCC1(CO)COC1)NCC1(C)CCCO1. The molecule has 6 heteroatoms. The quantitative estimate of drug-likeness (QED) is 0.477. The first-order chi connectivity index (χ1) is 9.61. The van der Waals surface area contributed by atoms with Crippen molar-refractivity contribution in [1.82, 2.24) is 10.6 Å². The molecule has 3 N–H and O–H groups in total. The van der Waals surface area contributed by atoms with Crippen LogP contribution in [0.5, 0.6) is 0 Å². The van der Waals surface area contributed by atoms with Crippen LogP contribution in [-0.4, -0.2) is 62.7 Å². The first-order valence-electron chi connectivity index (χ1n) is 7.46. The number of aliphatic hydroxyl groups excluding tert-OH is 1. The highest BCUT2D eigenvalue weighted by Crippen LogP contribution is 2.27. The van der Waals surface area contributed by atoms with Gasteiger partial charge in [0.15, 0.2) is 5.96 Å². The predicted molar refractivity (Wildman–Crippen MR) is 77.9 cm³/mol. The molecule has 0 spiro atoms. The molecular weight excluding hydrogens is 258 g/mol. The maximum atomic E-state index is 9.41. The minimum atomic E-state index is -0.184. The van der Waals surface area contributed by atoms with Crippen LogP contribution in [0.3, 0.4) is 0 Å². The Kier molecular flexibility index (Phi) is 5.23. The van der Waals surface area contributed by atoms with E-state index in [0.717, 1.165) is 38.5 Å². The van der Waals surface area contributed by atoms with Gasteiger partial charge in [0.1, 0.15) is 0 Å². The molecule has 6 nitrogen and oxygen atoms in total. The molecule has 2 aliphatic heterocycles. The summed E-state index contributed by atoms with van der Waals surface area (Å²) in [5, 5.41) is 16.0. The van der Waals surface area contributed by atoms with E-state index in [0.29, 0.717) is 19.8 Å². The number of aliphatic hydroxyl groups is 1. The summed E-state index contributed by atoms with van der Waals surface area (Å²) in [5.74, 6) is 0.781. The van der Waals surface area contributed by atoms with Gasteiger partial charge in [0.25, 0.3) is 0 Å². The number of nitrogens with zero attached hydrogens (tertiary/aromatic N) is 1. The highest BCUT2D eigenvalue weighted by Gasteiger charge is 2.38. The highest BCUT2D eigenvalue weighted by molar-refractivity contribution is 5.79. The van der Waals surface area contributed by atoms with Crippen molar-refractivity contribution in [3.63, 3.8) is 0 Å². The second kappa shape index (κ2) is 6.74. The number of ether oxygens (including phenoxy) is 2. The summed E-state index contributed by atoms with van der Waals surface area (Å²) in [4.78, 5) is 4.57. The topological polar surface area (TPSA) is 75.1 Å². The highest BCUT2D eigenvalue weighted by atomic mass is 16.5. The number of hydrogen-bond donors (Lipinski definition) is 3. The Bertz CT molecular complexity index is 331. The van der Waals surface area contributed by atoms with Crippen molar-refractivity contribution in [1.29, 1.82) is 0 Å². The molecule has 0 radical (unpaired) electrons. The van der Waals surface area contributed by atoms with Gasteiger partial charge in [0.05, 0.1) is 37.4 Å². The van der Waals surface area contributed by atoms with Crippen LogP contribution >= 0.6 is 0 Å². The summed E-state index contributed by atoms with van der Waals surface area (Å²) >= 11 is 0. The normalized spacial score (nSPS) is 29.1. The molecule has 1 unspecified atom stereocenters. The molecule has 2 aliphatic rings.